The Balaban J connectivity index is 1.34. The van der Waals surface area contributed by atoms with Crippen molar-refractivity contribution in [3.8, 4) is 5.75 Å². The number of nitrogens with zero attached hydrogens (tertiary/aromatic N) is 4. The van der Waals surface area contributed by atoms with Crippen LogP contribution in [0.3, 0.4) is 0 Å². The highest BCUT2D eigenvalue weighted by molar-refractivity contribution is 6.30. The SMILES string of the molecule is Cn1c(C[C@H]2CCN(C(=O)COc3cccc(Cl)c3)C2)nc2cccnc21. The average Bonchev–Trinajstić information content (AvgIpc) is 3.26. The van der Waals surface area contributed by atoms with E-state index in [1.165, 1.54) is 0 Å². The summed E-state index contributed by atoms with van der Waals surface area (Å²) in [5, 5.41) is 0.595. The fraction of sp³-hybridized carbons (Fsp3) is 0.350. The standard InChI is InChI=1S/C20H21ClN4O2/c1-24-18(23-17-6-3-8-22-20(17)24)10-14-7-9-25(12-14)19(26)13-27-16-5-2-4-15(21)11-16/h2-6,8,11,14H,7,9-10,12-13H2,1H3/t14-/m1/s1. The molecule has 0 N–H and O–H groups in total. The maximum absolute atomic E-state index is 12.4. The average molecular weight is 385 g/mol. The van der Waals surface area contributed by atoms with Gasteiger partial charge >= 0.3 is 0 Å². The van der Waals surface area contributed by atoms with Gasteiger partial charge in [-0.2, -0.15) is 0 Å². The summed E-state index contributed by atoms with van der Waals surface area (Å²) in [5.41, 5.74) is 1.81. The lowest BCUT2D eigenvalue weighted by Crippen LogP contribution is -2.33. The topological polar surface area (TPSA) is 60.2 Å². The second kappa shape index (κ2) is 7.56. The Morgan fingerprint density at radius 3 is 3.04 bits per heavy atom. The van der Waals surface area contributed by atoms with E-state index in [1.54, 1.807) is 30.5 Å². The largest absolute Gasteiger partial charge is 0.484 e. The first-order valence-corrected chi connectivity index (χ1v) is 9.40. The molecular weight excluding hydrogens is 364 g/mol. The second-order valence-electron chi connectivity index (χ2n) is 6.88. The van der Waals surface area contributed by atoms with Gasteiger partial charge in [0.05, 0.1) is 0 Å². The number of aromatic nitrogens is 3. The minimum absolute atomic E-state index is 0.00384. The Hall–Kier alpha value is -2.60. The van der Waals surface area contributed by atoms with Gasteiger partial charge in [0.2, 0.25) is 0 Å². The monoisotopic (exact) mass is 384 g/mol. The summed E-state index contributed by atoms with van der Waals surface area (Å²) in [5.74, 6) is 2.02. The normalized spacial score (nSPS) is 16.8. The molecule has 1 atom stereocenters. The van der Waals surface area contributed by atoms with E-state index in [9.17, 15) is 4.79 Å². The van der Waals surface area contributed by atoms with Crippen LogP contribution in [-0.4, -0.2) is 45.0 Å². The van der Waals surface area contributed by atoms with Gasteiger partial charge in [0.25, 0.3) is 5.91 Å². The van der Waals surface area contributed by atoms with Gasteiger partial charge < -0.3 is 14.2 Å². The molecule has 1 amide bonds. The number of pyridine rings is 1. The molecule has 0 bridgehead atoms. The number of carbonyl (C=O) groups excluding carboxylic acids is 1. The number of aryl methyl sites for hydroxylation is 1. The molecule has 1 aromatic carbocycles. The molecule has 4 rings (SSSR count). The highest BCUT2D eigenvalue weighted by Gasteiger charge is 2.27. The van der Waals surface area contributed by atoms with Crippen LogP contribution in [0.1, 0.15) is 12.2 Å². The summed E-state index contributed by atoms with van der Waals surface area (Å²) < 4.78 is 7.62. The number of hydrogen-bond donors (Lipinski definition) is 0. The smallest absolute Gasteiger partial charge is 0.260 e. The molecule has 3 aromatic rings. The van der Waals surface area contributed by atoms with E-state index in [2.05, 4.69) is 9.97 Å². The molecule has 7 heteroatoms. The fourth-order valence-electron chi connectivity index (χ4n) is 3.53. The lowest BCUT2D eigenvalue weighted by atomic mass is 10.0. The second-order valence-corrected chi connectivity index (χ2v) is 7.31. The van der Waals surface area contributed by atoms with Gasteiger partial charge in [-0.1, -0.05) is 17.7 Å². The zero-order chi connectivity index (χ0) is 18.8. The first-order valence-electron chi connectivity index (χ1n) is 9.02. The Kier molecular flexibility index (Phi) is 4.99. The number of halogens is 1. The number of ether oxygens (including phenoxy) is 1. The molecule has 0 aliphatic carbocycles. The van der Waals surface area contributed by atoms with Crippen molar-refractivity contribution in [2.24, 2.45) is 13.0 Å². The Bertz CT molecular complexity index is 972. The summed E-state index contributed by atoms with van der Waals surface area (Å²) >= 11 is 5.94. The van der Waals surface area contributed by atoms with Crippen LogP contribution in [0.4, 0.5) is 0 Å². The lowest BCUT2D eigenvalue weighted by molar-refractivity contribution is -0.132. The number of hydrogen-bond acceptors (Lipinski definition) is 4. The first kappa shape index (κ1) is 17.8. The van der Waals surface area contributed by atoms with Crippen molar-refractivity contribution in [1.29, 1.82) is 0 Å². The van der Waals surface area contributed by atoms with Crippen molar-refractivity contribution in [3.05, 3.63) is 53.4 Å². The van der Waals surface area contributed by atoms with Gasteiger partial charge in [0.1, 0.15) is 17.1 Å². The van der Waals surface area contributed by atoms with Gasteiger partial charge in [-0.3, -0.25) is 4.79 Å². The molecule has 0 saturated carbocycles. The summed E-state index contributed by atoms with van der Waals surface area (Å²) in [7, 11) is 1.99. The van der Waals surface area contributed by atoms with E-state index in [-0.39, 0.29) is 12.5 Å². The zero-order valence-electron chi connectivity index (χ0n) is 15.1. The van der Waals surface area contributed by atoms with Crippen molar-refractivity contribution >= 4 is 28.7 Å². The van der Waals surface area contributed by atoms with E-state index in [0.29, 0.717) is 16.7 Å². The molecule has 0 spiro atoms. The van der Waals surface area contributed by atoms with Crippen molar-refractivity contribution in [2.45, 2.75) is 12.8 Å². The molecule has 1 fully saturated rings. The van der Waals surface area contributed by atoms with Gasteiger partial charge in [-0.15, -0.1) is 0 Å². The van der Waals surface area contributed by atoms with Crippen LogP contribution in [0.25, 0.3) is 11.2 Å². The van der Waals surface area contributed by atoms with Gasteiger partial charge in [-0.25, -0.2) is 9.97 Å². The maximum Gasteiger partial charge on any atom is 0.260 e. The van der Waals surface area contributed by atoms with Crippen molar-refractivity contribution < 1.29 is 9.53 Å². The number of amides is 1. The third kappa shape index (κ3) is 3.90. The summed E-state index contributed by atoms with van der Waals surface area (Å²) in [6, 6.07) is 11.0. The van der Waals surface area contributed by atoms with Crippen molar-refractivity contribution in [1.82, 2.24) is 19.4 Å². The van der Waals surface area contributed by atoms with Crippen LogP contribution >= 0.6 is 11.6 Å². The van der Waals surface area contributed by atoms with E-state index >= 15 is 0 Å². The molecular formula is C20H21ClN4O2. The van der Waals surface area contributed by atoms with Gasteiger partial charge in [0.15, 0.2) is 12.3 Å². The molecule has 27 heavy (non-hydrogen) atoms. The van der Waals surface area contributed by atoms with Crippen LogP contribution in [0.15, 0.2) is 42.6 Å². The summed E-state index contributed by atoms with van der Waals surface area (Å²) in [6.07, 6.45) is 3.59. The van der Waals surface area contributed by atoms with Crippen LogP contribution in [0.5, 0.6) is 5.75 Å². The predicted octanol–water partition coefficient (Wildman–Crippen LogP) is 3.09. The molecule has 1 aliphatic rings. The molecule has 1 aliphatic heterocycles. The van der Waals surface area contributed by atoms with E-state index < -0.39 is 0 Å². The Morgan fingerprint density at radius 2 is 2.22 bits per heavy atom. The van der Waals surface area contributed by atoms with E-state index in [1.807, 2.05) is 28.6 Å². The molecule has 3 heterocycles. The molecule has 0 unspecified atom stereocenters. The Morgan fingerprint density at radius 1 is 1.33 bits per heavy atom. The third-order valence-corrected chi connectivity index (χ3v) is 5.22. The number of likely N-dealkylation sites (tertiary alicyclic amines) is 1. The van der Waals surface area contributed by atoms with Crippen LogP contribution in [-0.2, 0) is 18.3 Å². The first-order chi connectivity index (χ1) is 13.1. The quantitative estimate of drug-likeness (QED) is 0.678. The van der Waals surface area contributed by atoms with E-state index in [0.717, 1.165) is 42.9 Å². The number of benzene rings is 1. The number of carbonyl (C=O) groups is 1. The van der Waals surface area contributed by atoms with Crippen LogP contribution in [0.2, 0.25) is 5.02 Å². The molecule has 6 nitrogen and oxygen atoms in total. The molecule has 140 valence electrons. The molecule has 0 radical (unpaired) electrons. The highest BCUT2D eigenvalue weighted by atomic mass is 35.5. The van der Waals surface area contributed by atoms with E-state index in [4.69, 9.17) is 16.3 Å². The van der Waals surface area contributed by atoms with Gasteiger partial charge in [0, 0.05) is 37.8 Å². The lowest BCUT2D eigenvalue weighted by Gasteiger charge is -2.17. The minimum atomic E-state index is 0.00384. The predicted molar refractivity (Wildman–Crippen MR) is 104 cm³/mol. The van der Waals surface area contributed by atoms with Crippen LogP contribution < -0.4 is 4.74 Å². The zero-order valence-corrected chi connectivity index (χ0v) is 15.9. The summed E-state index contributed by atoms with van der Waals surface area (Å²) in [6.45, 7) is 1.52. The highest BCUT2D eigenvalue weighted by Crippen LogP contribution is 2.23. The van der Waals surface area contributed by atoms with Crippen molar-refractivity contribution in [3.63, 3.8) is 0 Å². The molecule has 1 saturated heterocycles. The number of rotatable bonds is 5. The Labute approximate surface area is 162 Å². The minimum Gasteiger partial charge on any atom is -0.484 e. The fourth-order valence-corrected chi connectivity index (χ4v) is 3.71. The van der Waals surface area contributed by atoms with Crippen LogP contribution in [0, 0.1) is 5.92 Å². The van der Waals surface area contributed by atoms with Gasteiger partial charge in [-0.05, 0) is 42.7 Å². The van der Waals surface area contributed by atoms with Crippen molar-refractivity contribution in [2.75, 3.05) is 19.7 Å². The third-order valence-electron chi connectivity index (χ3n) is 4.99. The maximum atomic E-state index is 12.4. The molecule has 2 aromatic heterocycles. The number of fused-ring (bicyclic) bond motifs is 1. The summed E-state index contributed by atoms with van der Waals surface area (Å²) in [4.78, 5) is 23.4. The number of imidazole rings is 1.